The van der Waals surface area contributed by atoms with Crippen LogP contribution in [0.4, 0.5) is 5.69 Å². The number of halogens is 2. The average molecular weight is 352 g/mol. The van der Waals surface area contributed by atoms with Gasteiger partial charge in [0.05, 0.1) is 27.9 Å². The maximum atomic E-state index is 12.1. The van der Waals surface area contributed by atoms with Crippen LogP contribution in [0.25, 0.3) is 0 Å². The van der Waals surface area contributed by atoms with Crippen LogP contribution in [0.3, 0.4) is 0 Å². The summed E-state index contributed by atoms with van der Waals surface area (Å²) >= 11 is 9.19. The fraction of sp³-hybridized carbons (Fsp3) is 0. The van der Waals surface area contributed by atoms with Crippen molar-refractivity contribution in [2.24, 2.45) is 0 Å². The third-order valence-electron chi connectivity index (χ3n) is 2.55. The molecule has 6 heteroatoms. The molecule has 0 unspecified atom stereocenters. The first kappa shape index (κ1) is 14.4. The first-order valence-corrected chi connectivity index (χ1v) is 6.68. The summed E-state index contributed by atoms with van der Waals surface area (Å²) in [6.07, 6.45) is 0. The molecule has 0 heterocycles. The minimum absolute atomic E-state index is 0.109. The van der Waals surface area contributed by atoms with Gasteiger partial charge in [0.1, 0.15) is 5.75 Å². The molecule has 0 aliphatic carbocycles. The molecule has 20 heavy (non-hydrogen) atoms. The van der Waals surface area contributed by atoms with E-state index in [4.69, 9.17) is 16.9 Å². The Balaban J connectivity index is 2.33. The lowest BCUT2D eigenvalue weighted by atomic mass is 10.1. The van der Waals surface area contributed by atoms with Gasteiger partial charge in [-0.3, -0.25) is 4.79 Å². The van der Waals surface area contributed by atoms with E-state index in [1.165, 1.54) is 24.3 Å². The minimum Gasteiger partial charge on any atom is -0.507 e. The number of rotatable bonds is 2. The minimum atomic E-state index is -0.513. The first-order chi connectivity index (χ1) is 9.51. The molecule has 2 rings (SSSR count). The molecule has 2 N–H and O–H groups in total. The molecule has 0 saturated heterocycles. The fourth-order valence-electron chi connectivity index (χ4n) is 1.57. The van der Waals surface area contributed by atoms with Gasteiger partial charge in [-0.25, -0.2) is 0 Å². The number of carbonyl (C=O) groups is 1. The van der Waals surface area contributed by atoms with Crippen molar-refractivity contribution in [2.75, 3.05) is 5.32 Å². The zero-order valence-electron chi connectivity index (χ0n) is 10.0. The number of hydrogen-bond donors (Lipinski definition) is 2. The highest BCUT2D eigenvalue weighted by atomic mass is 79.9. The second-order valence-electron chi connectivity index (χ2n) is 3.92. The Morgan fingerprint density at radius 1 is 1.30 bits per heavy atom. The van der Waals surface area contributed by atoms with E-state index in [0.29, 0.717) is 20.7 Å². The number of carbonyl (C=O) groups excluding carboxylic acids is 1. The monoisotopic (exact) mass is 350 g/mol. The third kappa shape index (κ3) is 3.10. The largest absolute Gasteiger partial charge is 0.507 e. The van der Waals surface area contributed by atoms with Gasteiger partial charge in [0.15, 0.2) is 0 Å². The molecule has 100 valence electrons. The van der Waals surface area contributed by atoms with Gasteiger partial charge in [-0.15, -0.1) is 0 Å². The van der Waals surface area contributed by atoms with E-state index in [2.05, 4.69) is 21.2 Å². The standard InChI is InChI=1S/C14H8BrClN2O2/c15-9-2-4-13(19)10(6-9)14(20)18-12-5-8(7-17)1-3-11(12)16/h1-6,19H,(H,18,20). The van der Waals surface area contributed by atoms with E-state index in [1.807, 2.05) is 6.07 Å². The highest BCUT2D eigenvalue weighted by molar-refractivity contribution is 9.10. The highest BCUT2D eigenvalue weighted by Crippen LogP contribution is 2.26. The van der Waals surface area contributed by atoms with Gasteiger partial charge in [-0.1, -0.05) is 27.5 Å². The molecule has 2 aromatic carbocycles. The second kappa shape index (κ2) is 5.95. The Hall–Kier alpha value is -2.03. The molecule has 0 spiro atoms. The fourth-order valence-corrected chi connectivity index (χ4v) is 2.10. The van der Waals surface area contributed by atoms with E-state index in [0.717, 1.165) is 0 Å². The molecular formula is C14H8BrClN2O2. The van der Waals surface area contributed by atoms with Gasteiger partial charge in [-0.05, 0) is 36.4 Å². The number of nitriles is 1. The Labute approximate surface area is 128 Å². The summed E-state index contributed by atoms with van der Waals surface area (Å²) in [7, 11) is 0. The molecule has 0 aromatic heterocycles. The van der Waals surface area contributed by atoms with Gasteiger partial charge in [0.25, 0.3) is 5.91 Å². The number of nitrogens with zero attached hydrogens (tertiary/aromatic N) is 1. The molecule has 2 aromatic rings. The van der Waals surface area contributed by atoms with Crippen molar-refractivity contribution < 1.29 is 9.90 Å². The lowest BCUT2D eigenvalue weighted by Crippen LogP contribution is -2.12. The molecule has 0 atom stereocenters. The lowest BCUT2D eigenvalue weighted by Gasteiger charge is -2.09. The van der Waals surface area contributed by atoms with Crippen molar-refractivity contribution in [3.63, 3.8) is 0 Å². The van der Waals surface area contributed by atoms with E-state index in [9.17, 15) is 9.90 Å². The van der Waals surface area contributed by atoms with Crippen molar-refractivity contribution in [1.82, 2.24) is 0 Å². The van der Waals surface area contributed by atoms with Crippen LogP contribution in [-0.4, -0.2) is 11.0 Å². The smallest absolute Gasteiger partial charge is 0.259 e. The number of nitrogens with one attached hydrogen (secondary N) is 1. The summed E-state index contributed by atoms with van der Waals surface area (Å²) in [6, 6.07) is 11.0. The summed E-state index contributed by atoms with van der Waals surface area (Å²) in [4.78, 5) is 12.1. The van der Waals surface area contributed by atoms with Crippen molar-refractivity contribution in [2.45, 2.75) is 0 Å². The average Bonchev–Trinajstić information content (AvgIpc) is 2.43. The molecule has 0 fully saturated rings. The molecule has 0 radical (unpaired) electrons. The Morgan fingerprint density at radius 2 is 2.05 bits per heavy atom. The number of aromatic hydroxyl groups is 1. The summed E-state index contributed by atoms with van der Waals surface area (Å²) in [5, 5.41) is 21.4. The van der Waals surface area contributed by atoms with Crippen molar-refractivity contribution in [1.29, 1.82) is 5.26 Å². The molecule has 1 amide bonds. The lowest BCUT2D eigenvalue weighted by molar-refractivity contribution is 0.102. The molecule has 0 aliphatic rings. The Bertz CT molecular complexity index is 726. The maximum Gasteiger partial charge on any atom is 0.259 e. The van der Waals surface area contributed by atoms with Crippen molar-refractivity contribution in [3.05, 3.63) is 57.0 Å². The van der Waals surface area contributed by atoms with Gasteiger partial charge in [-0.2, -0.15) is 5.26 Å². The van der Waals surface area contributed by atoms with Crippen molar-refractivity contribution >= 4 is 39.1 Å². The molecule has 0 bridgehead atoms. The predicted octanol–water partition coefficient (Wildman–Crippen LogP) is 3.93. The second-order valence-corrected chi connectivity index (χ2v) is 5.24. The Kier molecular flexibility index (Phi) is 4.28. The van der Waals surface area contributed by atoms with Crippen LogP contribution < -0.4 is 5.32 Å². The highest BCUT2D eigenvalue weighted by Gasteiger charge is 2.13. The molecular weight excluding hydrogens is 344 g/mol. The normalized spacial score (nSPS) is 9.85. The van der Waals surface area contributed by atoms with E-state index in [-0.39, 0.29) is 11.3 Å². The summed E-state index contributed by atoms with van der Waals surface area (Å²) in [6.45, 7) is 0. The van der Waals surface area contributed by atoms with E-state index >= 15 is 0 Å². The summed E-state index contributed by atoms with van der Waals surface area (Å²) < 4.78 is 0.664. The zero-order valence-corrected chi connectivity index (χ0v) is 12.4. The van der Waals surface area contributed by atoms with E-state index < -0.39 is 5.91 Å². The number of phenolic OH excluding ortho intramolecular Hbond substituents is 1. The Morgan fingerprint density at radius 3 is 2.75 bits per heavy atom. The van der Waals surface area contributed by atoms with Crippen LogP contribution in [0.1, 0.15) is 15.9 Å². The third-order valence-corrected chi connectivity index (χ3v) is 3.37. The van der Waals surface area contributed by atoms with Gasteiger partial charge >= 0.3 is 0 Å². The molecule has 0 aliphatic heterocycles. The van der Waals surface area contributed by atoms with Crippen LogP contribution >= 0.6 is 27.5 Å². The van der Waals surface area contributed by atoms with Crippen LogP contribution in [-0.2, 0) is 0 Å². The predicted molar refractivity (Wildman–Crippen MR) is 79.9 cm³/mol. The number of benzene rings is 2. The number of phenols is 1. The quantitative estimate of drug-likeness (QED) is 0.861. The summed E-state index contributed by atoms with van der Waals surface area (Å²) in [5.74, 6) is -0.654. The first-order valence-electron chi connectivity index (χ1n) is 5.51. The SMILES string of the molecule is N#Cc1ccc(Cl)c(NC(=O)c2cc(Br)ccc2O)c1. The van der Waals surface area contributed by atoms with Crippen LogP contribution in [0.15, 0.2) is 40.9 Å². The zero-order chi connectivity index (χ0) is 14.7. The topological polar surface area (TPSA) is 73.1 Å². The van der Waals surface area contributed by atoms with Gasteiger partial charge < -0.3 is 10.4 Å². The van der Waals surface area contributed by atoms with Crippen LogP contribution in [0.5, 0.6) is 5.75 Å². The van der Waals surface area contributed by atoms with Crippen LogP contribution in [0, 0.1) is 11.3 Å². The molecule has 4 nitrogen and oxygen atoms in total. The number of anilines is 1. The van der Waals surface area contributed by atoms with Crippen molar-refractivity contribution in [3.8, 4) is 11.8 Å². The summed E-state index contributed by atoms with van der Waals surface area (Å²) in [5.41, 5.74) is 0.802. The number of amides is 1. The molecule has 0 saturated carbocycles. The maximum absolute atomic E-state index is 12.1. The van der Waals surface area contributed by atoms with E-state index in [1.54, 1.807) is 12.1 Å². The van der Waals surface area contributed by atoms with Gasteiger partial charge in [0, 0.05) is 4.47 Å². The number of hydrogen-bond acceptors (Lipinski definition) is 3. The van der Waals surface area contributed by atoms with Gasteiger partial charge in [0.2, 0.25) is 0 Å². The van der Waals surface area contributed by atoms with Crippen LogP contribution in [0.2, 0.25) is 5.02 Å².